The van der Waals surface area contributed by atoms with E-state index in [-0.39, 0.29) is 12.5 Å². The molecule has 2 heterocycles. The van der Waals surface area contributed by atoms with Gasteiger partial charge in [-0.15, -0.1) is 0 Å². The molecule has 8 nitrogen and oxygen atoms in total. The van der Waals surface area contributed by atoms with Crippen LogP contribution in [0, 0.1) is 0 Å². The van der Waals surface area contributed by atoms with Gasteiger partial charge in [-0.25, -0.2) is 14.6 Å². The largest absolute Gasteiger partial charge is 0.497 e. The molecule has 4 rings (SSSR count). The lowest BCUT2D eigenvalue weighted by molar-refractivity contribution is -0.152. The van der Waals surface area contributed by atoms with E-state index in [0.29, 0.717) is 40.0 Å². The number of carbonyl (C=O) groups is 1. The maximum absolute atomic E-state index is 12.6. The third-order valence-corrected chi connectivity index (χ3v) is 5.16. The van der Waals surface area contributed by atoms with E-state index in [1.165, 1.54) is 44.4 Å². The Balaban J connectivity index is 1.34. The zero-order valence-corrected chi connectivity index (χ0v) is 19.6. The van der Waals surface area contributed by atoms with E-state index in [2.05, 4.69) is 4.98 Å². The number of pyridine rings is 1. The monoisotopic (exact) mass is 515 g/mol. The van der Waals surface area contributed by atoms with Crippen molar-refractivity contribution in [1.29, 1.82) is 0 Å². The van der Waals surface area contributed by atoms with Crippen molar-refractivity contribution < 1.29 is 41.3 Å². The molecule has 1 unspecified atom stereocenters. The Bertz CT molecular complexity index is 1450. The molecule has 0 aliphatic carbocycles. The van der Waals surface area contributed by atoms with Crippen LogP contribution in [0.3, 0.4) is 0 Å². The molecule has 37 heavy (non-hydrogen) atoms. The van der Waals surface area contributed by atoms with E-state index in [1.54, 1.807) is 18.2 Å². The lowest BCUT2D eigenvalue weighted by atomic mass is 10.1. The molecule has 0 bridgehead atoms. The lowest BCUT2D eigenvalue weighted by Gasteiger charge is -2.15. The van der Waals surface area contributed by atoms with Crippen LogP contribution in [-0.2, 0) is 22.3 Å². The number of carbonyl (C=O) groups excluding carboxylic acids is 1. The predicted molar refractivity (Wildman–Crippen MR) is 125 cm³/mol. The van der Waals surface area contributed by atoms with Gasteiger partial charge >= 0.3 is 17.8 Å². The summed E-state index contributed by atoms with van der Waals surface area (Å²) in [7, 11) is 1.49. The Morgan fingerprint density at radius 1 is 1.00 bits per heavy atom. The van der Waals surface area contributed by atoms with Crippen LogP contribution < -0.4 is 19.8 Å². The maximum atomic E-state index is 12.6. The third kappa shape index (κ3) is 6.37. The average molecular weight is 515 g/mol. The van der Waals surface area contributed by atoms with Gasteiger partial charge in [-0.05, 0) is 49.4 Å². The van der Waals surface area contributed by atoms with Crippen molar-refractivity contribution in [3.05, 3.63) is 88.4 Å². The van der Waals surface area contributed by atoms with Crippen molar-refractivity contribution in [2.45, 2.75) is 25.8 Å². The topological polar surface area (TPSA) is 97.1 Å². The van der Waals surface area contributed by atoms with E-state index < -0.39 is 29.4 Å². The average Bonchev–Trinajstić information content (AvgIpc) is 2.87. The zero-order valence-electron chi connectivity index (χ0n) is 19.6. The van der Waals surface area contributed by atoms with Crippen molar-refractivity contribution in [3.63, 3.8) is 0 Å². The van der Waals surface area contributed by atoms with Crippen molar-refractivity contribution in [1.82, 2.24) is 4.98 Å². The first kappa shape index (κ1) is 25.5. The first-order chi connectivity index (χ1) is 17.6. The van der Waals surface area contributed by atoms with Crippen LogP contribution in [0.2, 0.25) is 0 Å². The highest BCUT2D eigenvalue weighted by Gasteiger charge is 2.30. The van der Waals surface area contributed by atoms with E-state index in [0.717, 1.165) is 12.1 Å². The summed E-state index contributed by atoms with van der Waals surface area (Å²) in [6, 6.07) is 14.2. The fourth-order valence-electron chi connectivity index (χ4n) is 3.29. The molecule has 192 valence electrons. The van der Waals surface area contributed by atoms with Gasteiger partial charge in [-0.1, -0.05) is 0 Å². The number of fused-ring (bicyclic) bond motifs is 1. The highest BCUT2D eigenvalue weighted by atomic mass is 19.4. The SMILES string of the molecule is COc1ccc2c(COC(=O)C(C)Oc3ccc(Oc4ccc(C(F)(F)F)cn4)cc3)cc(=O)oc2c1. The molecule has 0 saturated carbocycles. The normalized spacial score (nSPS) is 12.1. The number of hydrogen-bond donors (Lipinski definition) is 0. The molecule has 0 aliphatic heterocycles. The maximum Gasteiger partial charge on any atom is 0.417 e. The summed E-state index contributed by atoms with van der Waals surface area (Å²) in [4.78, 5) is 28.0. The van der Waals surface area contributed by atoms with Gasteiger partial charge in [0.2, 0.25) is 5.88 Å². The van der Waals surface area contributed by atoms with Crippen LogP contribution in [0.1, 0.15) is 18.1 Å². The van der Waals surface area contributed by atoms with Crippen LogP contribution >= 0.6 is 0 Å². The van der Waals surface area contributed by atoms with E-state index >= 15 is 0 Å². The van der Waals surface area contributed by atoms with Crippen LogP contribution in [0.15, 0.2) is 76.1 Å². The highest BCUT2D eigenvalue weighted by molar-refractivity contribution is 5.82. The standard InChI is InChI=1S/C26H20F3NO7/c1-15(25(32)34-14-16-11-24(31)37-22-12-20(33-2)8-9-21(16)22)35-18-4-6-19(7-5-18)36-23-10-3-17(13-30-23)26(27,28)29/h3-13,15H,14H2,1-2H3. The molecule has 11 heteroatoms. The molecule has 0 radical (unpaired) electrons. The number of aromatic nitrogens is 1. The Morgan fingerprint density at radius 3 is 2.35 bits per heavy atom. The molecule has 0 spiro atoms. The van der Waals surface area contributed by atoms with Gasteiger partial charge in [-0.3, -0.25) is 0 Å². The molecule has 0 N–H and O–H groups in total. The number of halogens is 3. The van der Waals surface area contributed by atoms with Gasteiger partial charge in [0.25, 0.3) is 0 Å². The number of hydrogen-bond acceptors (Lipinski definition) is 8. The van der Waals surface area contributed by atoms with Crippen LogP contribution in [0.5, 0.6) is 23.1 Å². The second-order valence-corrected chi connectivity index (χ2v) is 7.78. The van der Waals surface area contributed by atoms with E-state index in [4.69, 9.17) is 23.4 Å². The van der Waals surface area contributed by atoms with Crippen LogP contribution in [0.4, 0.5) is 13.2 Å². The molecule has 0 saturated heterocycles. The van der Waals surface area contributed by atoms with Crippen molar-refractivity contribution in [2.24, 2.45) is 0 Å². The Morgan fingerprint density at radius 2 is 1.70 bits per heavy atom. The molecular weight excluding hydrogens is 495 g/mol. The first-order valence-corrected chi connectivity index (χ1v) is 10.9. The molecule has 0 aliphatic rings. The van der Waals surface area contributed by atoms with E-state index in [9.17, 15) is 22.8 Å². The van der Waals surface area contributed by atoms with Gasteiger partial charge < -0.3 is 23.4 Å². The van der Waals surface area contributed by atoms with Crippen LogP contribution in [0.25, 0.3) is 11.0 Å². The summed E-state index contributed by atoms with van der Waals surface area (Å²) in [6.07, 6.45) is -4.78. The van der Waals surface area contributed by atoms with E-state index in [1.807, 2.05) is 0 Å². The Hall–Kier alpha value is -4.54. The summed E-state index contributed by atoms with van der Waals surface area (Å²) < 4.78 is 64.6. The minimum atomic E-state index is -4.49. The van der Waals surface area contributed by atoms with Gasteiger partial charge in [-0.2, -0.15) is 13.2 Å². The second-order valence-electron chi connectivity index (χ2n) is 7.78. The number of ether oxygens (including phenoxy) is 4. The lowest BCUT2D eigenvalue weighted by Crippen LogP contribution is -2.26. The first-order valence-electron chi connectivity index (χ1n) is 10.9. The Labute approximate surface area is 208 Å². The minimum Gasteiger partial charge on any atom is -0.497 e. The number of alkyl halides is 3. The van der Waals surface area contributed by atoms with Gasteiger partial charge in [0.15, 0.2) is 6.10 Å². The molecule has 2 aromatic carbocycles. The number of nitrogens with zero attached hydrogens (tertiary/aromatic N) is 1. The fraction of sp³-hybridized carbons (Fsp3) is 0.192. The zero-order chi connectivity index (χ0) is 26.6. The van der Waals surface area contributed by atoms with Crippen LogP contribution in [-0.4, -0.2) is 24.2 Å². The number of esters is 1. The molecule has 0 fully saturated rings. The van der Waals surface area contributed by atoms with Gasteiger partial charge in [0.1, 0.15) is 29.4 Å². The summed E-state index contributed by atoms with van der Waals surface area (Å²) in [5.74, 6) is 0.471. The summed E-state index contributed by atoms with van der Waals surface area (Å²) in [5, 5.41) is 0.597. The van der Waals surface area contributed by atoms with Crippen molar-refractivity contribution in [2.75, 3.05) is 7.11 Å². The predicted octanol–water partition coefficient (Wildman–Crippen LogP) is 5.52. The molecular formula is C26H20F3NO7. The second kappa shape index (κ2) is 10.6. The van der Waals surface area contributed by atoms with Gasteiger partial charge in [0, 0.05) is 35.3 Å². The van der Waals surface area contributed by atoms with Crippen molar-refractivity contribution >= 4 is 16.9 Å². The molecule has 4 aromatic rings. The van der Waals surface area contributed by atoms with Gasteiger partial charge in [0.05, 0.1) is 12.7 Å². The summed E-state index contributed by atoms with van der Waals surface area (Å²) >= 11 is 0. The number of benzene rings is 2. The molecule has 0 amide bonds. The molecule has 1 atom stereocenters. The molecule has 2 aromatic heterocycles. The number of rotatable bonds is 8. The minimum absolute atomic E-state index is 0.0143. The summed E-state index contributed by atoms with van der Waals surface area (Å²) in [5.41, 5.74) is -0.706. The smallest absolute Gasteiger partial charge is 0.417 e. The third-order valence-electron chi connectivity index (χ3n) is 5.16. The summed E-state index contributed by atoms with van der Waals surface area (Å²) in [6.45, 7) is 1.33. The quantitative estimate of drug-likeness (QED) is 0.224. The number of methoxy groups -OCH3 is 1. The highest BCUT2D eigenvalue weighted by Crippen LogP contribution is 2.30. The fourth-order valence-corrected chi connectivity index (χ4v) is 3.29. The Kier molecular flexibility index (Phi) is 7.32. The van der Waals surface area contributed by atoms with Crippen molar-refractivity contribution in [3.8, 4) is 23.1 Å².